The van der Waals surface area contributed by atoms with E-state index in [4.69, 9.17) is 23.2 Å². The Bertz CT molecular complexity index is 723. The van der Waals surface area contributed by atoms with Gasteiger partial charge in [-0.15, -0.1) is 5.10 Å². The molecule has 0 saturated heterocycles. The average Bonchev–Trinajstić information content (AvgIpc) is 2.91. The zero-order valence-corrected chi connectivity index (χ0v) is 12.0. The van der Waals surface area contributed by atoms with Gasteiger partial charge in [0.1, 0.15) is 0 Å². The number of aromatic nitrogens is 3. The number of hydrogen-bond acceptors (Lipinski definition) is 2. The van der Waals surface area contributed by atoms with Gasteiger partial charge in [-0.2, -0.15) is 0 Å². The molecule has 0 spiro atoms. The van der Waals surface area contributed by atoms with Gasteiger partial charge in [-0.05, 0) is 11.6 Å². The van der Waals surface area contributed by atoms with Gasteiger partial charge >= 0.3 is 0 Å². The van der Waals surface area contributed by atoms with Crippen molar-refractivity contribution in [3.05, 3.63) is 69.8 Å². The van der Waals surface area contributed by atoms with Crippen LogP contribution in [0.2, 0.25) is 10.0 Å². The monoisotopic (exact) mass is 303 g/mol. The lowest BCUT2D eigenvalue weighted by atomic mass is 10.0. The molecule has 0 bridgehead atoms. The van der Waals surface area contributed by atoms with Crippen LogP contribution in [-0.4, -0.2) is 15.4 Å². The standard InChI is InChI=1S/C15H11Cl2N3/c16-12-8-4-7-11(14(12)17)15-13(18-20-19-15)9-10-5-2-1-3-6-10/h1-8H,9H2,(H,18,19,20). The smallest absolute Gasteiger partial charge is 0.0948 e. The summed E-state index contributed by atoms with van der Waals surface area (Å²) in [5.41, 5.74) is 3.64. The van der Waals surface area contributed by atoms with E-state index < -0.39 is 0 Å². The lowest BCUT2D eigenvalue weighted by molar-refractivity contribution is 0.916. The highest BCUT2D eigenvalue weighted by Gasteiger charge is 2.14. The van der Waals surface area contributed by atoms with Gasteiger partial charge in [-0.1, -0.05) is 70.9 Å². The average molecular weight is 304 g/mol. The summed E-state index contributed by atoms with van der Waals surface area (Å²) in [6.07, 6.45) is 0.690. The summed E-state index contributed by atoms with van der Waals surface area (Å²) >= 11 is 12.3. The molecule has 3 aromatic rings. The van der Waals surface area contributed by atoms with Crippen molar-refractivity contribution in [3.63, 3.8) is 0 Å². The van der Waals surface area contributed by atoms with Crippen molar-refractivity contribution in [2.24, 2.45) is 0 Å². The van der Waals surface area contributed by atoms with Gasteiger partial charge in [-0.25, -0.2) is 0 Å². The summed E-state index contributed by atoms with van der Waals surface area (Å²) in [6, 6.07) is 15.6. The topological polar surface area (TPSA) is 41.6 Å². The maximum Gasteiger partial charge on any atom is 0.0948 e. The molecular weight excluding hydrogens is 293 g/mol. The van der Waals surface area contributed by atoms with Gasteiger partial charge in [0.15, 0.2) is 0 Å². The highest BCUT2D eigenvalue weighted by molar-refractivity contribution is 6.43. The Kier molecular flexibility index (Phi) is 3.72. The molecule has 0 amide bonds. The molecule has 5 heteroatoms. The molecule has 20 heavy (non-hydrogen) atoms. The molecule has 2 aromatic carbocycles. The zero-order valence-electron chi connectivity index (χ0n) is 10.5. The molecule has 3 nitrogen and oxygen atoms in total. The van der Waals surface area contributed by atoms with Crippen molar-refractivity contribution < 1.29 is 0 Å². The van der Waals surface area contributed by atoms with Gasteiger partial charge in [-0.3, -0.25) is 5.10 Å². The second kappa shape index (κ2) is 5.65. The molecule has 0 radical (unpaired) electrons. The molecule has 0 aliphatic carbocycles. The highest BCUT2D eigenvalue weighted by atomic mass is 35.5. The summed E-state index contributed by atoms with van der Waals surface area (Å²) < 4.78 is 0. The molecule has 0 unspecified atom stereocenters. The van der Waals surface area contributed by atoms with E-state index in [0.717, 1.165) is 17.0 Å². The molecule has 0 aliphatic heterocycles. The minimum absolute atomic E-state index is 0.509. The molecular formula is C15H11Cl2N3. The fourth-order valence-electron chi connectivity index (χ4n) is 2.08. The number of aromatic amines is 1. The van der Waals surface area contributed by atoms with Crippen LogP contribution in [0.4, 0.5) is 0 Å². The third-order valence-corrected chi connectivity index (χ3v) is 3.88. The van der Waals surface area contributed by atoms with E-state index >= 15 is 0 Å². The first kappa shape index (κ1) is 13.2. The van der Waals surface area contributed by atoms with Gasteiger partial charge < -0.3 is 0 Å². The van der Waals surface area contributed by atoms with Crippen LogP contribution in [0.25, 0.3) is 11.3 Å². The quantitative estimate of drug-likeness (QED) is 0.780. The Morgan fingerprint density at radius 2 is 1.75 bits per heavy atom. The summed E-state index contributed by atoms with van der Waals surface area (Å²) in [5.74, 6) is 0. The van der Waals surface area contributed by atoms with Crippen LogP contribution in [0.3, 0.4) is 0 Å². The van der Waals surface area contributed by atoms with E-state index in [1.54, 1.807) is 6.07 Å². The summed E-state index contributed by atoms with van der Waals surface area (Å²) in [6.45, 7) is 0. The first-order chi connectivity index (χ1) is 9.75. The van der Waals surface area contributed by atoms with Crippen LogP contribution >= 0.6 is 23.2 Å². The number of halogens is 2. The zero-order chi connectivity index (χ0) is 13.9. The van der Waals surface area contributed by atoms with E-state index in [2.05, 4.69) is 27.5 Å². The van der Waals surface area contributed by atoms with Gasteiger partial charge in [0.05, 0.1) is 21.4 Å². The molecule has 0 saturated carbocycles. The van der Waals surface area contributed by atoms with Crippen LogP contribution in [0.1, 0.15) is 11.3 Å². The second-order valence-corrected chi connectivity index (χ2v) is 5.18. The SMILES string of the molecule is Clc1cccc(-c2[nH]nnc2Cc2ccccc2)c1Cl. The van der Waals surface area contributed by atoms with Crippen LogP contribution in [0, 0.1) is 0 Å². The number of nitrogens with zero attached hydrogens (tertiary/aromatic N) is 2. The van der Waals surface area contributed by atoms with Gasteiger partial charge in [0.25, 0.3) is 0 Å². The molecule has 1 heterocycles. The maximum absolute atomic E-state index is 6.25. The van der Waals surface area contributed by atoms with E-state index in [0.29, 0.717) is 16.5 Å². The van der Waals surface area contributed by atoms with Crippen molar-refractivity contribution in [2.75, 3.05) is 0 Å². The molecule has 1 aromatic heterocycles. The largest absolute Gasteiger partial charge is 0.257 e. The van der Waals surface area contributed by atoms with Crippen molar-refractivity contribution in [1.29, 1.82) is 0 Å². The third kappa shape index (κ3) is 2.55. The fourth-order valence-corrected chi connectivity index (χ4v) is 2.47. The summed E-state index contributed by atoms with van der Waals surface area (Å²) in [7, 11) is 0. The second-order valence-electron chi connectivity index (χ2n) is 4.40. The number of nitrogens with one attached hydrogen (secondary N) is 1. The Hall–Kier alpha value is -1.84. The predicted molar refractivity (Wildman–Crippen MR) is 81.1 cm³/mol. The Balaban J connectivity index is 2.00. The minimum atomic E-state index is 0.509. The van der Waals surface area contributed by atoms with Crippen LogP contribution in [0.15, 0.2) is 48.5 Å². The molecule has 0 fully saturated rings. The fraction of sp³-hybridized carbons (Fsp3) is 0.0667. The van der Waals surface area contributed by atoms with Crippen molar-refractivity contribution >= 4 is 23.2 Å². The summed E-state index contributed by atoms with van der Waals surface area (Å²) in [4.78, 5) is 0. The maximum atomic E-state index is 6.25. The molecule has 0 aliphatic rings. The van der Waals surface area contributed by atoms with Crippen LogP contribution < -0.4 is 0 Å². The third-order valence-electron chi connectivity index (χ3n) is 3.06. The predicted octanol–water partition coefficient (Wildman–Crippen LogP) is 4.37. The highest BCUT2D eigenvalue weighted by Crippen LogP contribution is 2.33. The van der Waals surface area contributed by atoms with Gasteiger partial charge in [0.2, 0.25) is 0 Å². The van der Waals surface area contributed by atoms with E-state index in [1.807, 2.05) is 30.3 Å². The van der Waals surface area contributed by atoms with Gasteiger partial charge in [0, 0.05) is 12.0 Å². The van der Waals surface area contributed by atoms with E-state index in [-0.39, 0.29) is 0 Å². The molecule has 1 N–H and O–H groups in total. The minimum Gasteiger partial charge on any atom is -0.257 e. The molecule has 0 atom stereocenters. The molecule has 3 rings (SSSR count). The van der Waals surface area contributed by atoms with E-state index in [1.165, 1.54) is 5.56 Å². The normalized spacial score (nSPS) is 10.7. The Labute approximate surface area is 126 Å². The Morgan fingerprint density at radius 3 is 2.55 bits per heavy atom. The Morgan fingerprint density at radius 1 is 0.950 bits per heavy atom. The van der Waals surface area contributed by atoms with Crippen molar-refractivity contribution in [3.8, 4) is 11.3 Å². The van der Waals surface area contributed by atoms with Crippen LogP contribution in [0.5, 0.6) is 0 Å². The first-order valence-corrected chi connectivity index (χ1v) is 6.89. The first-order valence-electron chi connectivity index (χ1n) is 6.14. The van der Waals surface area contributed by atoms with E-state index in [9.17, 15) is 0 Å². The molecule has 100 valence electrons. The number of hydrogen-bond donors (Lipinski definition) is 1. The number of rotatable bonds is 3. The summed E-state index contributed by atoms with van der Waals surface area (Å²) in [5, 5.41) is 12.0. The van der Waals surface area contributed by atoms with Crippen molar-refractivity contribution in [1.82, 2.24) is 15.4 Å². The lowest BCUT2D eigenvalue weighted by Crippen LogP contribution is -1.92. The number of benzene rings is 2. The van der Waals surface area contributed by atoms with Crippen molar-refractivity contribution in [2.45, 2.75) is 6.42 Å². The number of H-pyrrole nitrogens is 1. The lowest BCUT2D eigenvalue weighted by Gasteiger charge is -2.05. The van der Waals surface area contributed by atoms with Crippen LogP contribution in [-0.2, 0) is 6.42 Å².